The molecular formula is C10H13BrN2OS. The summed E-state index contributed by atoms with van der Waals surface area (Å²) in [6, 6.07) is 3.68. The van der Waals surface area contributed by atoms with Crippen LogP contribution in [0.3, 0.4) is 0 Å². The van der Waals surface area contributed by atoms with E-state index in [1.807, 2.05) is 32.9 Å². The Bertz CT molecular complexity index is 381. The Balaban J connectivity index is 2.74. The zero-order valence-electron chi connectivity index (χ0n) is 8.90. The highest BCUT2D eigenvalue weighted by Crippen LogP contribution is 2.12. The summed E-state index contributed by atoms with van der Waals surface area (Å²) in [5.41, 5.74) is 0.704. The van der Waals surface area contributed by atoms with Gasteiger partial charge in [0.05, 0.1) is 16.7 Å². The fraction of sp³-hybridized carbons (Fsp3) is 0.400. The summed E-state index contributed by atoms with van der Waals surface area (Å²) < 4.78 is 16.1. The normalized spacial score (nSPS) is 14.4. The lowest BCUT2D eigenvalue weighted by molar-refractivity contribution is 0.651. The average Bonchev–Trinajstić information content (AvgIpc) is 2.15. The van der Waals surface area contributed by atoms with Crippen LogP contribution in [-0.2, 0) is 11.0 Å². The van der Waals surface area contributed by atoms with E-state index in [4.69, 9.17) is 0 Å². The van der Waals surface area contributed by atoms with Crippen LogP contribution in [0.4, 0.5) is 0 Å². The Kier molecular flexibility index (Phi) is 4.16. The van der Waals surface area contributed by atoms with Crippen LogP contribution in [0.15, 0.2) is 27.2 Å². The van der Waals surface area contributed by atoms with Gasteiger partial charge in [0.15, 0.2) is 0 Å². The van der Waals surface area contributed by atoms with E-state index in [1.165, 1.54) is 6.21 Å². The van der Waals surface area contributed by atoms with Gasteiger partial charge in [0, 0.05) is 10.7 Å². The molecule has 1 heterocycles. The van der Waals surface area contributed by atoms with Gasteiger partial charge < -0.3 is 0 Å². The van der Waals surface area contributed by atoms with Crippen LogP contribution >= 0.6 is 15.9 Å². The van der Waals surface area contributed by atoms with Gasteiger partial charge >= 0.3 is 0 Å². The van der Waals surface area contributed by atoms with Crippen molar-refractivity contribution in [1.29, 1.82) is 0 Å². The molecule has 0 saturated carbocycles. The fourth-order valence-corrected chi connectivity index (χ4v) is 1.48. The van der Waals surface area contributed by atoms with Crippen molar-refractivity contribution < 1.29 is 4.21 Å². The number of pyridine rings is 1. The van der Waals surface area contributed by atoms with Crippen LogP contribution < -0.4 is 0 Å². The molecule has 1 aromatic heterocycles. The monoisotopic (exact) mass is 288 g/mol. The van der Waals surface area contributed by atoms with Gasteiger partial charge in [-0.3, -0.25) is 4.98 Å². The van der Waals surface area contributed by atoms with Crippen molar-refractivity contribution in [2.75, 3.05) is 0 Å². The molecule has 0 aliphatic heterocycles. The number of hydrogen-bond acceptors (Lipinski definition) is 2. The third-order valence-electron chi connectivity index (χ3n) is 1.55. The van der Waals surface area contributed by atoms with Crippen molar-refractivity contribution in [1.82, 2.24) is 4.98 Å². The number of rotatable bonds is 2. The minimum absolute atomic E-state index is 0.328. The van der Waals surface area contributed by atoms with Crippen molar-refractivity contribution in [2.45, 2.75) is 25.5 Å². The average molecular weight is 289 g/mol. The predicted octanol–water partition coefficient (Wildman–Crippen LogP) is 2.73. The molecule has 0 aliphatic carbocycles. The second-order valence-corrected chi connectivity index (χ2v) is 6.85. The van der Waals surface area contributed by atoms with Crippen LogP contribution in [0.25, 0.3) is 0 Å². The third-order valence-corrected chi connectivity index (χ3v) is 3.37. The van der Waals surface area contributed by atoms with E-state index in [-0.39, 0.29) is 4.75 Å². The molecule has 0 fully saturated rings. The summed E-state index contributed by atoms with van der Waals surface area (Å²) in [5, 5.41) is 0. The Labute approximate surface area is 101 Å². The molecule has 1 unspecified atom stereocenters. The van der Waals surface area contributed by atoms with Crippen LogP contribution in [0, 0.1) is 0 Å². The minimum atomic E-state index is -1.23. The van der Waals surface area contributed by atoms with Crippen LogP contribution in [-0.4, -0.2) is 20.2 Å². The summed E-state index contributed by atoms with van der Waals surface area (Å²) in [7, 11) is -1.23. The molecule has 0 saturated heterocycles. The molecule has 1 aromatic rings. The molecule has 1 atom stereocenters. The molecule has 15 heavy (non-hydrogen) atoms. The molecule has 0 N–H and O–H groups in total. The second-order valence-electron chi connectivity index (χ2n) is 4.00. The van der Waals surface area contributed by atoms with E-state index in [1.54, 1.807) is 6.20 Å². The molecule has 0 aromatic carbocycles. The number of nitrogens with zero attached hydrogens (tertiary/aromatic N) is 2. The topological polar surface area (TPSA) is 42.3 Å². The molecule has 0 aliphatic rings. The smallest absolute Gasteiger partial charge is 0.144 e. The van der Waals surface area contributed by atoms with E-state index in [0.717, 1.165) is 4.47 Å². The third kappa shape index (κ3) is 4.22. The lowest BCUT2D eigenvalue weighted by Crippen LogP contribution is -2.19. The summed E-state index contributed by atoms with van der Waals surface area (Å²) in [6.07, 6.45) is 3.22. The first-order valence-electron chi connectivity index (χ1n) is 4.47. The van der Waals surface area contributed by atoms with E-state index in [9.17, 15) is 4.21 Å². The fourth-order valence-electron chi connectivity index (χ4n) is 0.724. The highest BCUT2D eigenvalue weighted by molar-refractivity contribution is 9.10. The van der Waals surface area contributed by atoms with Crippen molar-refractivity contribution in [3.8, 4) is 0 Å². The first-order chi connectivity index (χ1) is 6.89. The van der Waals surface area contributed by atoms with Gasteiger partial charge in [-0.1, -0.05) is 0 Å². The van der Waals surface area contributed by atoms with Crippen LogP contribution in [0.1, 0.15) is 26.5 Å². The van der Waals surface area contributed by atoms with Crippen LogP contribution in [0.5, 0.6) is 0 Å². The van der Waals surface area contributed by atoms with Gasteiger partial charge in [0.1, 0.15) is 11.0 Å². The molecular weight excluding hydrogens is 276 g/mol. The first-order valence-corrected chi connectivity index (χ1v) is 6.37. The van der Waals surface area contributed by atoms with Gasteiger partial charge in [-0.2, -0.15) is 4.40 Å². The first kappa shape index (κ1) is 12.5. The van der Waals surface area contributed by atoms with Gasteiger partial charge in [-0.15, -0.1) is 0 Å². The summed E-state index contributed by atoms with van der Waals surface area (Å²) in [5.74, 6) is 0. The highest BCUT2D eigenvalue weighted by Gasteiger charge is 2.18. The van der Waals surface area contributed by atoms with Gasteiger partial charge in [-0.05, 0) is 48.8 Å². The number of hydrogen-bond donors (Lipinski definition) is 0. The lowest BCUT2D eigenvalue weighted by Gasteiger charge is -2.12. The molecule has 0 radical (unpaired) electrons. The van der Waals surface area contributed by atoms with Crippen molar-refractivity contribution >= 4 is 33.1 Å². The van der Waals surface area contributed by atoms with Crippen molar-refractivity contribution in [2.24, 2.45) is 4.40 Å². The lowest BCUT2D eigenvalue weighted by atomic mass is 10.3. The predicted molar refractivity (Wildman–Crippen MR) is 67.4 cm³/mol. The molecule has 1 rings (SSSR count). The second kappa shape index (κ2) is 4.99. The van der Waals surface area contributed by atoms with E-state index in [2.05, 4.69) is 25.3 Å². The number of aromatic nitrogens is 1. The highest BCUT2D eigenvalue weighted by atomic mass is 79.9. The van der Waals surface area contributed by atoms with Crippen molar-refractivity contribution in [3.63, 3.8) is 0 Å². The van der Waals surface area contributed by atoms with Crippen LogP contribution in [0.2, 0.25) is 0 Å². The molecule has 0 amide bonds. The molecule has 3 nitrogen and oxygen atoms in total. The maximum atomic E-state index is 11.6. The Morgan fingerprint density at radius 3 is 2.60 bits per heavy atom. The van der Waals surface area contributed by atoms with Gasteiger partial charge in [-0.25, -0.2) is 4.21 Å². The van der Waals surface area contributed by atoms with Gasteiger partial charge in [0.2, 0.25) is 0 Å². The Morgan fingerprint density at radius 2 is 2.13 bits per heavy atom. The maximum Gasteiger partial charge on any atom is 0.144 e. The maximum absolute atomic E-state index is 11.6. The van der Waals surface area contributed by atoms with E-state index in [0.29, 0.717) is 5.69 Å². The summed E-state index contributed by atoms with van der Waals surface area (Å²) in [6.45, 7) is 5.65. The van der Waals surface area contributed by atoms with Gasteiger partial charge in [0.25, 0.3) is 0 Å². The Morgan fingerprint density at radius 1 is 1.47 bits per heavy atom. The van der Waals surface area contributed by atoms with E-state index >= 15 is 0 Å². The summed E-state index contributed by atoms with van der Waals surface area (Å²) >= 11 is 3.29. The zero-order valence-corrected chi connectivity index (χ0v) is 11.3. The standard InChI is InChI=1S/C10H13BrN2OS/c1-10(2,3)15(14)13-7-9-5-4-8(11)6-12-9/h4-7H,1-3H3/b13-7+. The van der Waals surface area contributed by atoms with E-state index < -0.39 is 11.0 Å². The molecule has 0 spiro atoms. The zero-order chi connectivity index (χ0) is 11.5. The molecule has 82 valence electrons. The summed E-state index contributed by atoms with van der Waals surface area (Å²) in [4.78, 5) is 4.10. The molecule has 0 bridgehead atoms. The SMILES string of the molecule is CC(C)(C)S(=O)/N=C/c1ccc(Br)cn1. The largest absolute Gasteiger partial charge is 0.254 e. The quantitative estimate of drug-likeness (QED) is 0.786. The Hall–Kier alpha value is -0.550. The molecule has 5 heteroatoms. The number of halogens is 1. The minimum Gasteiger partial charge on any atom is -0.254 e. The van der Waals surface area contributed by atoms with Crippen molar-refractivity contribution in [3.05, 3.63) is 28.5 Å².